The minimum atomic E-state index is -3.81. The molecular weight excluding hydrogens is 333 g/mol. The summed E-state index contributed by atoms with van der Waals surface area (Å²) in [7, 11) is -2.88. The maximum atomic E-state index is 12.8. The average Bonchev–Trinajstić information content (AvgIpc) is 2.75. The molecule has 0 N–H and O–H groups in total. The van der Waals surface area contributed by atoms with Crippen LogP contribution in [0.1, 0.15) is 12.5 Å². The van der Waals surface area contributed by atoms with Gasteiger partial charge in [-0.05, 0) is 40.1 Å². The number of aryl methyl sites for hydroxylation is 1. The van der Waals surface area contributed by atoms with Gasteiger partial charge in [0.1, 0.15) is 0 Å². The molecule has 0 aromatic heterocycles. The van der Waals surface area contributed by atoms with E-state index >= 15 is 0 Å². The molecule has 1 saturated heterocycles. The first-order valence-corrected chi connectivity index (χ1v) is 10.4. The third kappa shape index (κ3) is 3.75. The number of benzene rings is 1. The summed E-state index contributed by atoms with van der Waals surface area (Å²) in [5, 5.41) is 0. The molecule has 1 fully saturated rings. The Hall–Kier alpha value is -0.980. The van der Waals surface area contributed by atoms with Crippen molar-refractivity contribution in [2.75, 3.05) is 27.2 Å². The van der Waals surface area contributed by atoms with Gasteiger partial charge in [0, 0.05) is 13.1 Å². The third-order valence-electron chi connectivity index (χ3n) is 3.81. The van der Waals surface area contributed by atoms with Crippen LogP contribution in [0.15, 0.2) is 46.0 Å². The third-order valence-corrected chi connectivity index (χ3v) is 9.18. The molecule has 0 spiro atoms. The highest BCUT2D eigenvalue weighted by Crippen LogP contribution is 2.61. The van der Waals surface area contributed by atoms with Crippen molar-refractivity contribution in [3.05, 3.63) is 42.5 Å². The molecule has 0 bridgehead atoms. The minimum Gasteiger partial charge on any atom is -0.313 e. The van der Waals surface area contributed by atoms with Gasteiger partial charge in [0.2, 0.25) is 7.58 Å². The van der Waals surface area contributed by atoms with E-state index in [1.807, 2.05) is 37.3 Å². The van der Waals surface area contributed by atoms with E-state index in [-0.39, 0.29) is 11.0 Å². The second-order valence-electron chi connectivity index (χ2n) is 5.69. The first kappa shape index (κ1) is 18.4. The number of sulfonamides is 1. The predicted octanol–water partition coefficient (Wildman–Crippen LogP) is 3.10. The summed E-state index contributed by atoms with van der Waals surface area (Å²) in [5.41, 5.74) is 1.00. The zero-order valence-electron chi connectivity index (χ0n) is 14.0. The smallest absolute Gasteiger partial charge is 0.285 e. The van der Waals surface area contributed by atoms with E-state index in [1.54, 1.807) is 30.3 Å². The lowest BCUT2D eigenvalue weighted by Gasteiger charge is -2.32. The first-order chi connectivity index (χ1) is 10.7. The fourth-order valence-corrected chi connectivity index (χ4v) is 7.48. The van der Waals surface area contributed by atoms with Crippen LogP contribution in [0.5, 0.6) is 0 Å². The van der Waals surface area contributed by atoms with Crippen LogP contribution in [-0.2, 0) is 14.5 Å². The monoisotopic (exact) mass is 357 g/mol. The molecule has 23 heavy (non-hydrogen) atoms. The van der Waals surface area contributed by atoms with Crippen molar-refractivity contribution in [2.24, 2.45) is 4.15 Å². The first-order valence-electron chi connectivity index (χ1n) is 7.41. The van der Waals surface area contributed by atoms with Crippen molar-refractivity contribution >= 4 is 17.6 Å². The van der Waals surface area contributed by atoms with E-state index in [1.165, 1.54) is 0 Å². The zero-order valence-corrected chi connectivity index (χ0v) is 15.7. The highest BCUT2D eigenvalue weighted by Gasteiger charge is 2.40. The van der Waals surface area contributed by atoms with E-state index in [0.29, 0.717) is 13.1 Å². The van der Waals surface area contributed by atoms with Crippen LogP contribution >= 0.6 is 7.58 Å². The van der Waals surface area contributed by atoms with Crippen molar-refractivity contribution < 1.29 is 12.9 Å². The Kier molecular flexibility index (Phi) is 5.48. The molecule has 1 heterocycles. The molecule has 8 heteroatoms. The average molecular weight is 357 g/mol. The summed E-state index contributed by atoms with van der Waals surface area (Å²) < 4.78 is 39.6. The predicted molar refractivity (Wildman–Crippen MR) is 93.7 cm³/mol. The molecule has 0 amide bonds. The van der Waals surface area contributed by atoms with Gasteiger partial charge in [0.15, 0.2) is 0 Å². The summed E-state index contributed by atoms with van der Waals surface area (Å²) in [6.45, 7) is 8.88. The van der Waals surface area contributed by atoms with E-state index in [2.05, 4.69) is 10.7 Å². The summed E-state index contributed by atoms with van der Waals surface area (Å²) in [5.74, 6) is 0. The topological polar surface area (TPSA) is 62.2 Å². The van der Waals surface area contributed by atoms with Crippen LogP contribution in [0.25, 0.3) is 0 Å². The van der Waals surface area contributed by atoms with Crippen molar-refractivity contribution in [1.82, 2.24) is 9.34 Å². The molecule has 1 unspecified atom stereocenters. The molecule has 128 valence electrons. The van der Waals surface area contributed by atoms with Crippen LogP contribution in [0, 0.1) is 6.92 Å². The molecule has 0 radical (unpaired) electrons. The molecule has 1 aromatic carbocycles. The standard InChI is InChI=1S/C15H24N3O3PS/c1-6-14(3)21-22(17(4)11-12-18(22)5)16-23(19,20)15-9-7-13(2)8-10-15/h6-10,14H,1,11-12H2,2-5H3. The van der Waals surface area contributed by atoms with Crippen LogP contribution < -0.4 is 0 Å². The molecule has 1 atom stereocenters. The van der Waals surface area contributed by atoms with Crippen molar-refractivity contribution in [3.8, 4) is 0 Å². The van der Waals surface area contributed by atoms with Gasteiger partial charge in [-0.1, -0.05) is 23.8 Å². The van der Waals surface area contributed by atoms with Crippen LogP contribution in [-0.4, -0.2) is 51.0 Å². The normalized spacial score (nSPS) is 20.3. The Morgan fingerprint density at radius 1 is 1.26 bits per heavy atom. The molecule has 1 aliphatic heterocycles. The molecule has 6 nitrogen and oxygen atoms in total. The lowest BCUT2D eigenvalue weighted by atomic mass is 10.2. The second kappa shape index (κ2) is 6.87. The van der Waals surface area contributed by atoms with Gasteiger partial charge in [0.05, 0.1) is 11.0 Å². The van der Waals surface area contributed by atoms with Gasteiger partial charge < -0.3 is 4.52 Å². The number of rotatable bonds is 5. The molecule has 2 rings (SSSR count). The zero-order chi connectivity index (χ0) is 17.3. The van der Waals surface area contributed by atoms with Crippen molar-refractivity contribution in [1.29, 1.82) is 0 Å². The lowest BCUT2D eigenvalue weighted by molar-refractivity contribution is 0.259. The Morgan fingerprint density at radius 3 is 2.26 bits per heavy atom. The Bertz CT molecular complexity index is 717. The molecule has 0 aliphatic carbocycles. The highest BCUT2D eigenvalue weighted by atomic mass is 32.2. The van der Waals surface area contributed by atoms with Gasteiger partial charge in [0.25, 0.3) is 10.0 Å². The fraction of sp³-hybridized carbons (Fsp3) is 0.467. The highest BCUT2D eigenvalue weighted by molar-refractivity contribution is 7.93. The van der Waals surface area contributed by atoms with E-state index < -0.39 is 17.6 Å². The van der Waals surface area contributed by atoms with Crippen LogP contribution in [0.2, 0.25) is 0 Å². The largest absolute Gasteiger partial charge is 0.313 e. The maximum absolute atomic E-state index is 12.8. The Labute approximate surface area is 139 Å². The number of likely N-dealkylation sites (N-methyl/N-ethyl adjacent to an activating group) is 2. The number of hydrogen-bond acceptors (Lipinski definition) is 3. The van der Waals surface area contributed by atoms with Gasteiger partial charge in [-0.25, -0.2) is 9.34 Å². The maximum Gasteiger partial charge on any atom is 0.285 e. The summed E-state index contributed by atoms with van der Waals surface area (Å²) in [6, 6.07) is 6.70. The summed E-state index contributed by atoms with van der Waals surface area (Å²) in [4.78, 5) is 0.186. The minimum absolute atomic E-state index is 0.186. The van der Waals surface area contributed by atoms with Gasteiger partial charge in [-0.15, -0.1) is 10.7 Å². The van der Waals surface area contributed by atoms with Gasteiger partial charge >= 0.3 is 0 Å². The Morgan fingerprint density at radius 2 is 1.78 bits per heavy atom. The Balaban J connectivity index is 2.56. The van der Waals surface area contributed by atoms with Gasteiger partial charge in [-0.3, -0.25) is 0 Å². The second-order valence-corrected chi connectivity index (χ2v) is 10.4. The van der Waals surface area contributed by atoms with E-state index in [0.717, 1.165) is 5.56 Å². The van der Waals surface area contributed by atoms with Crippen molar-refractivity contribution in [3.63, 3.8) is 0 Å². The quantitative estimate of drug-likeness (QED) is 0.599. The van der Waals surface area contributed by atoms with E-state index in [4.69, 9.17) is 4.52 Å². The van der Waals surface area contributed by atoms with E-state index in [9.17, 15) is 8.42 Å². The summed E-state index contributed by atoms with van der Waals surface area (Å²) in [6.07, 6.45) is 1.36. The molecular formula is C15H24N3O3PS. The fourth-order valence-electron chi connectivity index (χ4n) is 2.28. The molecule has 1 aromatic rings. The van der Waals surface area contributed by atoms with Crippen LogP contribution in [0.4, 0.5) is 0 Å². The number of nitrogens with zero attached hydrogens (tertiary/aromatic N) is 3. The molecule has 1 aliphatic rings. The summed E-state index contributed by atoms with van der Waals surface area (Å²) >= 11 is 0. The molecule has 0 saturated carbocycles. The van der Waals surface area contributed by atoms with Gasteiger partial charge in [-0.2, -0.15) is 8.42 Å². The number of hydrogen-bond donors (Lipinski definition) is 0. The van der Waals surface area contributed by atoms with Crippen LogP contribution in [0.3, 0.4) is 0 Å². The lowest BCUT2D eigenvalue weighted by Crippen LogP contribution is -2.20. The SMILES string of the molecule is C=CC(C)OP1(=NS(=O)(=O)c2ccc(C)cc2)N(C)CCN1C. The van der Waals surface area contributed by atoms with Crippen molar-refractivity contribution in [2.45, 2.75) is 24.8 Å².